The molecule has 1 atom stereocenters. The van der Waals surface area contributed by atoms with E-state index in [1.807, 2.05) is 45.0 Å². The third kappa shape index (κ3) is 5.20. The fraction of sp³-hybridized carbons (Fsp3) is 0.500. The van der Waals surface area contributed by atoms with Gasteiger partial charge in [-0.3, -0.25) is 19.7 Å². The Labute approximate surface area is 147 Å². The van der Waals surface area contributed by atoms with Crippen LogP contribution in [0, 0.1) is 0 Å². The summed E-state index contributed by atoms with van der Waals surface area (Å²) in [5.74, 6) is -0.529. The van der Waals surface area contributed by atoms with Gasteiger partial charge in [0.05, 0.1) is 6.10 Å². The van der Waals surface area contributed by atoms with Gasteiger partial charge in [0.1, 0.15) is 11.8 Å². The third-order valence-corrected chi connectivity index (χ3v) is 3.89. The van der Waals surface area contributed by atoms with Crippen molar-refractivity contribution in [3.8, 4) is 0 Å². The zero-order chi connectivity index (χ0) is 18.6. The molecule has 1 fully saturated rings. The minimum absolute atomic E-state index is 0.0246. The van der Waals surface area contributed by atoms with Crippen LogP contribution in [0.5, 0.6) is 0 Å². The maximum Gasteiger partial charge on any atom is 0.251 e. The Hall–Kier alpha value is -2.57. The molecule has 1 aliphatic heterocycles. The van der Waals surface area contributed by atoms with E-state index in [9.17, 15) is 14.4 Å². The molecule has 0 aromatic rings. The summed E-state index contributed by atoms with van der Waals surface area (Å²) in [4.78, 5) is 37.6. The zero-order valence-electron chi connectivity index (χ0n) is 15.1. The quantitative estimate of drug-likeness (QED) is 0.724. The predicted octanol–water partition coefficient (Wildman–Crippen LogP) is 0.992. The molecule has 0 spiro atoms. The summed E-state index contributed by atoms with van der Waals surface area (Å²) in [6, 6.07) is -0.696. The number of hydrogen-bond donors (Lipinski definition) is 2. The molecule has 0 saturated carbocycles. The molecule has 1 aliphatic carbocycles. The first-order chi connectivity index (χ1) is 11.8. The van der Waals surface area contributed by atoms with Gasteiger partial charge >= 0.3 is 0 Å². The second kappa shape index (κ2) is 8.00. The van der Waals surface area contributed by atoms with Crippen LogP contribution in [0.4, 0.5) is 0 Å². The van der Waals surface area contributed by atoms with Crippen LogP contribution in [-0.4, -0.2) is 48.9 Å². The summed E-state index contributed by atoms with van der Waals surface area (Å²) in [5.41, 5.74) is 1.45. The van der Waals surface area contributed by atoms with Gasteiger partial charge in [0.25, 0.3) is 5.91 Å². The van der Waals surface area contributed by atoms with Crippen molar-refractivity contribution in [1.29, 1.82) is 0 Å². The van der Waals surface area contributed by atoms with E-state index in [1.165, 1.54) is 0 Å². The molecule has 1 unspecified atom stereocenters. The van der Waals surface area contributed by atoms with Gasteiger partial charge in [-0.2, -0.15) is 0 Å². The van der Waals surface area contributed by atoms with Crippen LogP contribution in [0.1, 0.15) is 33.1 Å². The van der Waals surface area contributed by atoms with Crippen molar-refractivity contribution in [2.45, 2.75) is 45.3 Å². The zero-order valence-corrected chi connectivity index (χ0v) is 15.1. The smallest absolute Gasteiger partial charge is 0.251 e. The third-order valence-electron chi connectivity index (χ3n) is 3.89. The Morgan fingerprint density at radius 1 is 1.32 bits per heavy atom. The summed E-state index contributed by atoms with van der Waals surface area (Å²) in [5, 5.41) is 4.93. The highest BCUT2D eigenvalue weighted by atomic mass is 16.5. The topological polar surface area (TPSA) is 87.7 Å². The van der Waals surface area contributed by atoms with Crippen LogP contribution < -0.4 is 10.6 Å². The van der Waals surface area contributed by atoms with Crippen molar-refractivity contribution in [1.82, 2.24) is 15.5 Å². The van der Waals surface area contributed by atoms with Gasteiger partial charge in [-0.1, -0.05) is 6.08 Å². The Kier molecular flexibility index (Phi) is 6.01. The average Bonchev–Trinajstić information content (AvgIpc) is 2.72. The highest BCUT2D eigenvalue weighted by molar-refractivity contribution is 6.04. The fourth-order valence-corrected chi connectivity index (χ4v) is 2.57. The van der Waals surface area contributed by atoms with Gasteiger partial charge in [-0.05, 0) is 32.4 Å². The molecule has 1 saturated heterocycles. The van der Waals surface area contributed by atoms with Crippen molar-refractivity contribution in [2.75, 3.05) is 14.1 Å². The summed E-state index contributed by atoms with van der Waals surface area (Å²) in [6.45, 7) is 3.84. The van der Waals surface area contributed by atoms with Crippen LogP contribution in [0.2, 0.25) is 0 Å². The van der Waals surface area contributed by atoms with E-state index in [0.29, 0.717) is 24.2 Å². The molecule has 7 heteroatoms. The van der Waals surface area contributed by atoms with Crippen molar-refractivity contribution in [2.24, 2.45) is 0 Å². The SMILES string of the molecule is CC(C)OC1=CC(C(=O)NC2CCC(=O)NC2=O)=CCC(N(C)C)=C1. The second-order valence-electron chi connectivity index (χ2n) is 6.58. The molecule has 136 valence electrons. The number of nitrogens with zero attached hydrogens (tertiary/aromatic N) is 1. The Balaban J connectivity index is 2.15. The molecule has 2 rings (SSSR count). The lowest BCUT2D eigenvalue weighted by Gasteiger charge is -2.22. The number of piperidine rings is 1. The number of imide groups is 1. The number of carbonyl (C=O) groups excluding carboxylic acids is 3. The van der Waals surface area contributed by atoms with E-state index in [4.69, 9.17) is 4.74 Å². The van der Waals surface area contributed by atoms with Crippen LogP contribution >= 0.6 is 0 Å². The summed E-state index contributed by atoms with van der Waals surface area (Å²) in [7, 11) is 3.86. The summed E-state index contributed by atoms with van der Waals surface area (Å²) < 4.78 is 5.77. The van der Waals surface area contributed by atoms with E-state index in [-0.39, 0.29) is 24.3 Å². The highest BCUT2D eigenvalue weighted by Crippen LogP contribution is 2.20. The summed E-state index contributed by atoms with van der Waals surface area (Å²) >= 11 is 0. The molecule has 25 heavy (non-hydrogen) atoms. The van der Waals surface area contributed by atoms with Crippen LogP contribution in [0.3, 0.4) is 0 Å². The number of nitrogens with one attached hydrogen (secondary N) is 2. The minimum Gasteiger partial charge on any atom is -0.491 e. The second-order valence-corrected chi connectivity index (χ2v) is 6.58. The predicted molar refractivity (Wildman–Crippen MR) is 93.1 cm³/mol. The van der Waals surface area contributed by atoms with E-state index in [0.717, 1.165) is 5.70 Å². The van der Waals surface area contributed by atoms with Crippen molar-refractivity contribution in [3.05, 3.63) is 35.3 Å². The molecular formula is C18H25N3O4. The van der Waals surface area contributed by atoms with E-state index in [2.05, 4.69) is 10.6 Å². The number of allylic oxidation sites excluding steroid dienone is 2. The molecule has 0 radical (unpaired) electrons. The van der Waals surface area contributed by atoms with Crippen molar-refractivity contribution >= 4 is 17.7 Å². The largest absolute Gasteiger partial charge is 0.491 e. The lowest BCUT2D eigenvalue weighted by molar-refractivity contribution is -0.136. The van der Waals surface area contributed by atoms with Crippen molar-refractivity contribution < 1.29 is 19.1 Å². The first kappa shape index (κ1) is 18.8. The Bertz CT molecular complexity index is 659. The first-order valence-corrected chi connectivity index (χ1v) is 8.37. The lowest BCUT2D eigenvalue weighted by atomic mass is 10.1. The van der Waals surface area contributed by atoms with Gasteiger partial charge in [-0.25, -0.2) is 0 Å². The first-order valence-electron chi connectivity index (χ1n) is 8.37. The van der Waals surface area contributed by atoms with E-state index >= 15 is 0 Å². The standard InChI is InChI=1S/C18H25N3O4/c1-11(2)25-14-9-12(5-6-13(10-14)21(3)4)17(23)19-15-7-8-16(22)20-18(15)24/h5,9-11,15H,6-8H2,1-4H3,(H,19,23)(H,20,22,24). The number of carbonyl (C=O) groups is 3. The minimum atomic E-state index is -0.696. The van der Waals surface area contributed by atoms with E-state index < -0.39 is 11.9 Å². The van der Waals surface area contributed by atoms with Gasteiger partial charge < -0.3 is 15.0 Å². The maximum atomic E-state index is 12.6. The Morgan fingerprint density at radius 3 is 2.64 bits per heavy atom. The van der Waals surface area contributed by atoms with Crippen molar-refractivity contribution in [3.63, 3.8) is 0 Å². The molecule has 2 aliphatic rings. The summed E-state index contributed by atoms with van der Waals surface area (Å²) in [6.07, 6.45) is 6.48. The van der Waals surface area contributed by atoms with E-state index in [1.54, 1.807) is 6.08 Å². The van der Waals surface area contributed by atoms with Gasteiger partial charge in [0, 0.05) is 38.2 Å². The molecule has 0 aromatic carbocycles. The monoisotopic (exact) mass is 347 g/mol. The molecule has 2 N–H and O–H groups in total. The van der Waals surface area contributed by atoms with Crippen LogP contribution in [0.25, 0.3) is 0 Å². The molecule has 0 aromatic heterocycles. The molecule has 7 nitrogen and oxygen atoms in total. The highest BCUT2D eigenvalue weighted by Gasteiger charge is 2.28. The molecular weight excluding hydrogens is 322 g/mol. The number of hydrogen-bond acceptors (Lipinski definition) is 5. The number of ether oxygens (including phenoxy) is 1. The van der Waals surface area contributed by atoms with Gasteiger partial charge in [-0.15, -0.1) is 0 Å². The number of rotatable bonds is 5. The lowest BCUT2D eigenvalue weighted by Crippen LogP contribution is -2.52. The number of amides is 3. The molecule has 0 bridgehead atoms. The average molecular weight is 347 g/mol. The van der Waals surface area contributed by atoms with Gasteiger partial charge in [0.15, 0.2) is 0 Å². The normalized spacial score (nSPS) is 20.8. The van der Waals surface area contributed by atoms with Crippen LogP contribution in [0.15, 0.2) is 35.3 Å². The Morgan fingerprint density at radius 2 is 2.04 bits per heavy atom. The van der Waals surface area contributed by atoms with Gasteiger partial charge in [0.2, 0.25) is 11.8 Å². The van der Waals surface area contributed by atoms with Crippen LogP contribution in [-0.2, 0) is 19.1 Å². The fourth-order valence-electron chi connectivity index (χ4n) is 2.57. The molecule has 1 heterocycles. The molecule has 3 amide bonds. The maximum absolute atomic E-state index is 12.6.